The van der Waals surface area contributed by atoms with Crippen molar-refractivity contribution in [3.8, 4) is 0 Å². The molecule has 1 unspecified atom stereocenters. The average molecular weight is 248 g/mol. The SMILES string of the molecule is CNC(Cc1ccncc1Cl)c1ccncc1. The predicted octanol–water partition coefficient (Wildman–Crippen LogP) is 2.63. The third kappa shape index (κ3) is 3.02. The summed E-state index contributed by atoms with van der Waals surface area (Å²) < 4.78 is 0. The summed E-state index contributed by atoms with van der Waals surface area (Å²) in [7, 11) is 1.94. The number of pyridine rings is 2. The molecule has 2 heterocycles. The van der Waals surface area contributed by atoms with E-state index in [1.165, 1.54) is 5.56 Å². The quantitative estimate of drug-likeness (QED) is 0.903. The molecule has 2 aromatic heterocycles. The number of rotatable bonds is 4. The van der Waals surface area contributed by atoms with Gasteiger partial charge in [0.15, 0.2) is 0 Å². The first-order valence-electron chi connectivity index (χ1n) is 5.47. The van der Waals surface area contributed by atoms with Crippen LogP contribution in [0.15, 0.2) is 43.0 Å². The van der Waals surface area contributed by atoms with Crippen molar-refractivity contribution in [3.05, 3.63) is 59.1 Å². The van der Waals surface area contributed by atoms with Gasteiger partial charge in [-0.05, 0) is 42.8 Å². The molecule has 0 aliphatic carbocycles. The van der Waals surface area contributed by atoms with Crippen LogP contribution in [0, 0.1) is 0 Å². The Morgan fingerprint density at radius 3 is 2.53 bits per heavy atom. The van der Waals surface area contributed by atoms with Gasteiger partial charge in [-0.2, -0.15) is 0 Å². The number of hydrogen-bond acceptors (Lipinski definition) is 3. The summed E-state index contributed by atoms with van der Waals surface area (Å²) in [5, 5.41) is 4.00. The Labute approximate surface area is 106 Å². The van der Waals surface area contributed by atoms with E-state index in [0.717, 1.165) is 12.0 Å². The predicted molar refractivity (Wildman–Crippen MR) is 69.0 cm³/mol. The minimum Gasteiger partial charge on any atom is -0.313 e. The first kappa shape index (κ1) is 12.0. The highest BCUT2D eigenvalue weighted by Crippen LogP contribution is 2.22. The fourth-order valence-corrected chi connectivity index (χ4v) is 1.97. The van der Waals surface area contributed by atoms with Crippen molar-refractivity contribution < 1.29 is 0 Å². The Morgan fingerprint density at radius 2 is 1.88 bits per heavy atom. The van der Waals surface area contributed by atoms with Crippen LogP contribution in [-0.4, -0.2) is 17.0 Å². The molecule has 0 radical (unpaired) electrons. The molecule has 0 amide bonds. The van der Waals surface area contributed by atoms with Crippen LogP contribution >= 0.6 is 11.6 Å². The second-order valence-corrected chi connectivity index (χ2v) is 4.20. The molecule has 0 aliphatic heterocycles. The van der Waals surface area contributed by atoms with Gasteiger partial charge in [-0.15, -0.1) is 0 Å². The lowest BCUT2D eigenvalue weighted by Gasteiger charge is -2.17. The van der Waals surface area contributed by atoms with Crippen LogP contribution in [0.3, 0.4) is 0 Å². The van der Waals surface area contributed by atoms with E-state index in [1.807, 2.05) is 25.2 Å². The van der Waals surface area contributed by atoms with Gasteiger partial charge >= 0.3 is 0 Å². The van der Waals surface area contributed by atoms with Gasteiger partial charge in [-0.1, -0.05) is 11.6 Å². The molecule has 17 heavy (non-hydrogen) atoms. The summed E-state index contributed by atoms with van der Waals surface area (Å²) in [6.45, 7) is 0. The minimum absolute atomic E-state index is 0.234. The van der Waals surface area contributed by atoms with Crippen molar-refractivity contribution in [1.29, 1.82) is 0 Å². The van der Waals surface area contributed by atoms with E-state index in [0.29, 0.717) is 5.02 Å². The molecule has 88 valence electrons. The zero-order valence-corrected chi connectivity index (χ0v) is 10.4. The molecule has 3 nitrogen and oxygen atoms in total. The van der Waals surface area contributed by atoms with E-state index in [4.69, 9.17) is 11.6 Å². The normalized spacial score (nSPS) is 12.4. The number of aromatic nitrogens is 2. The van der Waals surface area contributed by atoms with Crippen molar-refractivity contribution in [2.24, 2.45) is 0 Å². The highest BCUT2D eigenvalue weighted by molar-refractivity contribution is 6.31. The third-order valence-electron chi connectivity index (χ3n) is 2.74. The molecule has 0 saturated heterocycles. The maximum absolute atomic E-state index is 6.11. The van der Waals surface area contributed by atoms with Crippen molar-refractivity contribution >= 4 is 11.6 Å². The zero-order valence-electron chi connectivity index (χ0n) is 9.60. The summed E-state index contributed by atoms with van der Waals surface area (Å²) in [6.07, 6.45) is 7.88. The lowest BCUT2D eigenvalue weighted by Crippen LogP contribution is -2.19. The van der Waals surface area contributed by atoms with Gasteiger partial charge < -0.3 is 5.32 Å². The summed E-state index contributed by atoms with van der Waals surface area (Å²) in [5.41, 5.74) is 2.30. The van der Waals surface area contributed by atoms with Crippen LogP contribution in [0.25, 0.3) is 0 Å². The van der Waals surface area contributed by atoms with Gasteiger partial charge in [0.2, 0.25) is 0 Å². The Kier molecular flexibility index (Phi) is 4.07. The van der Waals surface area contributed by atoms with Crippen molar-refractivity contribution in [2.75, 3.05) is 7.05 Å². The molecule has 0 aromatic carbocycles. The minimum atomic E-state index is 0.234. The van der Waals surface area contributed by atoms with E-state index in [-0.39, 0.29) is 6.04 Å². The molecule has 4 heteroatoms. The number of nitrogens with zero attached hydrogens (tertiary/aromatic N) is 2. The molecule has 0 aliphatic rings. The van der Waals surface area contributed by atoms with Gasteiger partial charge in [0.25, 0.3) is 0 Å². The number of hydrogen-bond donors (Lipinski definition) is 1. The van der Waals surface area contributed by atoms with Crippen LogP contribution < -0.4 is 5.32 Å². The molecule has 0 fully saturated rings. The third-order valence-corrected chi connectivity index (χ3v) is 3.08. The van der Waals surface area contributed by atoms with Crippen molar-refractivity contribution in [1.82, 2.24) is 15.3 Å². The Bertz CT molecular complexity index is 473. The first-order valence-corrected chi connectivity index (χ1v) is 5.84. The molecular weight excluding hydrogens is 234 g/mol. The Morgan fingerprint density at radius 1 is 1.18 bits per heavy atom. The Balaban J connectivity index is 2.19. The van der Waals surface area contributed by atoms with E-state index < -0.39 is 0 Å². The molecule has 0 spiro atoms. The summed E-state index contributed by atoms with van der Waals surface area (Å²) in [5.74, 6) is 0. The molecule has 1 N–H and O–H groups in total. The van der Waals surface area contributed by atoms with Crippen LogP contribution in [0.1, 0.15) is 17.2 Å². The number of halogens is 1. The molecule has 0 saturated carbocycles. The average Bonchev–Trinajstić information content (AvgIpc) is 2.39. The molecule has 2 aromatic rings. The highest BCUT2D eigenvalue weighted by atomic mass is 35.5. The maximum Gasteiger partial charge on any atom is 0.0622 e. The van der Waals surface area contributed by atoms with Gasteiger partial charge in [0, 0.05) is 30.8 Å². The standard InChI is InChI=1S/C13H14ClN3/c1-15-13(10-2-5-16-6-3-10)8-11-4-7-17-9-12(11)14/h2-7,9,13,15H,8H2,1H3. The molecule has 0 bridgehead atoms. The summed E-state index contributed by atoms with van der Waals surface area (Å²) in [4.78, 5) is 8.01. The van der Waals surface area contributed by atoms with E-state index in [9.17, 15) is 0 Å². The Hall–Kier alpha value is -1.45. The fourth-order valence-electron chi connectivity index (χ4n) is 1.77. The zero-order chi connectivity index (χ0) is 12.1. The van der Waals surface area contributed by atoms with E-state index in [2.05, 4.69) is 15.3 Å². The van der Waals surface area contributed by atoms with Crippen LogP contribution in [0.5, 0.6) is 0 Å². The summed E-state index contributed by atoms with van der Waals surface area (Å²) >= 11 is 6.11. The first-order chi connectivity index (χ1) is 8.31. The van der Waals surface area contributed by atoms with E-state index in [1.54, 1.807) is 24.8 Å². The maximum atomic E-state index is 6.11. The van der Waals surface area contributed by atoms with Crippen molar-refractivity contribution in [2.45, 2.75) is 12.5 Å². The van der Waals surface area contributed by atoms with Gasteiger partial charge in [0.1, 0.15) is 0 Å². The number of likely N-dealkylation sites (N-methyl/N-ethyl adjacent to an activating group) is 1. The molecular formula is C13H14ClN3. The van der Waals surface area contributed by atoms with Gasteiger partial charge in [0.05, 0.1) is 5.02 Å². The molecule has 2 rings (SSSR count). The number of nitrogens with one attached hydrogen (secondary N) is 1. The van der Waals surface area contributed by atoms with Gasteiger partial charge in [-0.25, -0.2) is 0 Å². The summed E-state index contributed by atoms with van der Waals surface area (Å²) in [6, 6.07) is 6.21. The highest BCUT2D eigenvalue weighted by Gasteiger charge is 2.11. The van der Waals surface area contributed by atoms with Gasteiger partial charge in [-0.3, -0.25) is 9.97 Å². The lowest BCUT2D eigenvalue weighted by molar-refractivity contribution is 0.591. The lowest BCUT2D eigenvalue weighted by atomic mass is 10.0. The van der Waals surface area contributed by atoms with Crippen molar-refractivity contribution in [3.63, 3.8) is 0 Å². The van der Waals surface area contributed by atoms with E-state index >= 15 is 0 Å². The largest absolute Gasteiger partial charge is 0.313 e. The topological polar surface area (TPSA) is 37.8 Å². The van der Waals surface area contributed by atoms with Crippen LogP contribution in [-0.2, 0) is 6.42 Å². The van der Waals surface area contributed by atoms with Crippen LogP contribution in [0.2, 0.25) is 5.02 Å². The fraction of sp³-hybridized carbons (Fsp3) is 0.231. The smallest absolute Gasteiger partial charge is 0.0622 e. The van der Waals surface area contributed by atoms with Crippen LogP contribution in [0.4, 0.5) is 0 Å². The second-order valence-electron chi connectivity index (χ2n) is 3.79. The monoisotopic (exact) mass is 247 g/mol. The second kappa shape index (κ2) is 5.75. The molecule has 1 atom stereocenters.